The van der Waals surface area contributed by atoms with Crippen molar-refractivity contribution in [2.24, 2.45) is 11.3 Å². The molecule has 2 nitrogen and oxygen atoms in total. The quantitative estimate of drug-likeness (QED) is 0.538. The first-order valence-electron chi connectivity index (χ1n) is 11.2. The van der Waals surface area contributed by atoms with E-state index in [1.807, 2.05) is 6.07 Å². The molecule has 29 heavy (non-hydrogen) atoms. The fraction of sp³-hybridized carbons (Fsp3) is 0.519. The van der Waals surface area contributed by atoms with Crippen molar-refractivity contribution in [1.82, 2.24) is 0 Å². The van der Waals surface area contributed by atoms with Crippen LogP contribution in [0, 0.1) is 11.3 Å². The van der Waals surface area contributed by atoms with Gasteiger partial charge in [0.05, 0.1) is 0 Å². The molecular weight excluding hydrogens is 356 g/mol. The summed E-state index contributed by atoms with van der Waals surface area (Å²) >= 11 is 0. The lowest BCUT2D eigenvalue weighted by molar-refractivity contribution is -0.123. The molecule has 0 heterocycles. The molecule has 0 unspecified atom stereocenters. The maximum Gasteiger partial charge on any atom is 0.126 e. The maximum atomic E-state index is 12.0. The largest absolute Gasteiger partial charge is 0.489 e. The minimum atomic E-state index is -0.202. The molecule has 2 aromatic carbocycles. The zero-order chi connectivity index (χ0) is 20.6. The first-order valence-corrected chi connectivity index (χ1v) is 11.2. The Morgan fingerprint density at radius 3 is 2.59 bits per heavy atom. The third kappa shape index (κ3) is 3.52. The Labute approximate surface area is 175 Å². The van der Waals surface area contributed by atoms with Gasteiger partial charge in [-0.3, -0.25) is 0 Å². The first-order chi connectivity index (χ1) is 13.9. The monoisotopic (exact) mass is 390 g/mol. The highest BCUT2D eigenvalue weighted by Gasteiger charge is 2.52. The lowest BCUT2D eigenvalue weighted by Gasteiger charge is -2.53. The lowest BCUT2D eigenvalue weighted by Crippen LogP contribution is -2.49. The predicted octanol–water partition coefficient (Wildman–Crippen LogP) is 6.60. The normalized spacial score (nSPS) is 28.5. The molecule has 2 aliphatic carbocycles. The second kappa shape index (κ2) is 7.63. The van der Waals surface area contributed by atoms with Gasteiger partial charge >= 0.3 is 0 Å². The summed E-state index contributed by atoms with van der Waals surface area (Å²) < 4.78 is 6.38. The van der Waals surface area contributed by atoms with E-state index in [2.05, 4.69) is 64.1 Å². The summed E-state index contributed by atoms with van der Waals surface area (Å²) in [4.78, 5) is 12.0. The van der Waals surface area contributed by atoms with Crippen LogP contribution < -0.4 is 4.74 Å². The van der Waals surface area contributed by atoms with Crippen molar-refractivity contribution >= 4 is 6.29 Å². The standard InChI is InChI=1S/C27H34O2/c1-19(2)22-15-21-11-12-25-26(3,18-28)13-8-14-27(25,4)23(21)16-24(22)29-17-20-9-6-5-7-10-20/h5-7,9-10,15-16,18-19,25H,8,11-14,17H2,1-4H3/t25-,26+,27+/m0/s1. The van der Waals surface area contributed by atoms with Crippen molar-refractivity contribution in [2.75, 3.05) is 0 Å². The number of hydrogen-bond donors (Lipinski definition) is 0. The lowest BCUT2D eigenvalue weighted by atomic mass is 9.50. The summed E-state index contributed by atoms with van der Waals surface area (Å²) in [6, 6.07) is 15.1. The molecule has 0 radical (unpaired) electrons. The highest BCUT2D eigenvalue weighted by Crippen LogP contribution is 2.57. The number of benzene rings is 2. The van der Waals surface area contributed by atoms with E-state index in [9.17, 15) is 4.79 Å². The Morgan fingerprint density at radius 1 is 1.14 bits per heavy atom. The molecule has 1 saturated carbocycles. The van der Waals surface area contributed by atoms with Crippen LogP contribution in [0.2, 0.25) is 0 Å². The number of hydrogen-bond acceptors (Lipinski definition) is 2. The van der Waals surface area contributed by atoms with Crippen molar-refractivity contribution < 1.29 is 9.53 Å². The maximum absolute atomic E-state index is 12.0. The Morgan fingerprint density at radius 2 is 1.90 bits per heavy atom. The van der Waals surface area contributed by atoms with Crippen molar-refractivity contribution in [3.63, 3.8) is 0 Å². The number of rotatable bonds is 5. The van der Waals surface area contributed by atoms with Crippen LogP contribution in [0.25, 0.3) is 0 Å². The molecule has 0 bridgehead atoms. The summed E-state index contributed by atoms with van der Waals surface area (Å²) in [6.07, 6.45) is 6.72. The number of carbonyl (C=O) groups excluding carboxylic acids is 1. The van der Waals surface area contributed by atoms with Crippen LogP contribution in [-0.4, -0.2) is 6.29 Å². The molecule has 1 fully saturated rings. The van der Waals surface area contributed by atoms with Gasteiger partial charge in [-0.05, 0) is 71.3 Å². The molecule has 4 rings (SSSR count). The van der Waals surface area contributed by atoms with Gasteiger partial charge in [-0.15, -0.1) is 0 Å². The molecular formula is C27H34O2. The second-order valence-electron chi connectivity index (χ2n) is 9.96. The molecule has 2 aliphatic rings. The fourth-order valence-corrected chi connectivity index (χ4v) is 6.02. The Hall–Kier alpha value is -2.09. The summed E-state index contributed by atoms with van der Waals surface area (Å²) in [5.74, 6) is 1.85. The average Bonchev–Trinajstić information content (AvgIpc) is 2.72. The third-order valence-corrected chi connectivity index (χ3v) is 7.66. The molecule has 154 valence electrons. The van der Waals surface area contributed by atoms with Crippen LogP contribution >= 0.6 is 0 Å². The zero-order valence-electron chi connectivity index (χ0n) is 18.3. The Kier molecular flexibility index (Phi) is 5.31. The molecule has 0 N–H and O–H groups in total. The van der Waals surface area contributed by atoms with Gasteiger partial charge < -0.3 is 9.53 Å². The topological polar surface area (TPSA) is 26.3 Å². The Bertz CT molecular complexity index is 885. The van der Waals surface area contributed by atoms with Gasteiger partial charge in [0.2, 0.25) is 0 Å². The summed E-state index contributed by atoms with van der Waals surface area (Å²) in [5, 5.41) is 0. The van der Waals surface area contributed by atoms with Crippen LogP contribution in [0.1, 0.15) is 81.5 Å². The van der Waals surface area contributed by atoms with Gasteiger partial charge in [-0.2, -0.15) is 0 Å². The number of carbonyl (C=O) groups is 1. The average molecular weight is 391 g/mol. The molecule has 0 amide bonds. The summed E-state index contributed by atoms with van der Waals surface area (Å²) in [6.45, 7) is 9.66. The van der Waals surface area contributed by atoms with Crippen molar-refractivity contribution in [1.29, 1.82) is 0 Å². The van der Waals surface area contributed by atoms with Crippen LogP contribution in [0.3, 0.4) is 0 Å². The first kappa shape index (κ1) is 20.2. The number of ether oxygens (including phenoxy) is 1. The zero-order valence-corrected chi connectivity index (χ0v) is 18.3. The highest BCUT2D eigenvalue weighted by atomic mass is 16.5. The van der Waals surface area contributed by atoms with E-state index in [0.717, 1.165) is 37.9 Å². The molecule has 3 atom stereocenters. The van der Waals surface area contributed by atoms with Gasteiger partial charge in [-0.25, -0.2) is 0 Å². The van der Waals surface area contributed by atoms with Gasteiger partial charge in [-0.1, -0.05) is 70.5 Å². The van der Waals surface area contributed by atoms with Crippen LogP contribution in [0.15, 0.2) is 42.5 Å². The van der Waals surface area contributed by atoms with E-state index < -0.39 is 0 Å². The number of aldehydes is 1. The number of fused-ring (bicyclic) bond motifs is 3. The molecule has 2 heteroatoms. The van der Waals surface area contributed by atoms with E-state index in [0.29, 0.717) is 18.4 Å². The van der Waals surface area contributed by atoms with Crippen molar-refractivity contribution in [3.05, 3.63) is 64.7 Å². The van der Waals surface area contributed by atoms with Gasteiger partial charge in [0.1, 0.15) is 18.6 Å². The van der Waals surface area contributed by atoms with Crippen LogP contribution in [-0.2, 0) is 23.2 Å². The summed E-state index contributed by atoms with van der Waals surface area (Å²) in [5.41, 5.74) is 5.24. The molecule has 0 aromatic heterocycles. The molecule has 2 aromatic rings. The van der Waals surface area contributed by atoms with Gasteiger partial charge in [0, 0.05) is 5.41 Å². The SMILES string of the molecule is CC(C)c1cc2c(cc1OCc1ccccc1)[C@@]1(C)CCC[C@](C)(C=O)[C@@H]1CC2. The minimum absolute atomic E-state index is 0.0574. The third-order valence-electron chi connectivity index (χ3n) is 7.66. The van der Waals surface area contributed by atoms with Crippen molar-refractivity contribution in [2.45, 2.75) is 77.7 Å². The smallest absolute Gasteiger partial charge is 0.126 e. The highest BCUT2D eigenvalue weighted by molar-refractivity contribution is 5.61. The molecule has 0 spiro atoms. The Balaban J connectivity index is 1.74. The van der Waals surface area contributed by atoms with E-state index in [-0.39, 0.29) is 10.8 Å². The predicted molar refractivity (Wildman–Crippen MR) is 118 cm³/mol. The van der Waals surface area contributed by atoms with Crippen molar-refractivity contribution in [3.8, 4) is 5.75 Å². The van der Waals surface area contributed by atoms with E-state index in [1.54, 1.807) is 0 Å². The number of aryl methyl sites for hydroxylation is 1. The summed E-state index contributed by atoms with van der Waals surface area (Å²) in [7, 11) is 0. The van der Waals surface area contributed by atoms with E-state index in [1.165, 1.54) is 28.5 Å². The van der Waals surface area contributed by atoms with Crippen LogP contribution in [0.4, 0.5) is 0 Å². The molecule has 0 aliphatic heterocycles. The van der Waals surface area contributed by atoms with E-state index in [4.69, 9.17) is 4.74 Å². The van der Waals surface area contributed by atoms with E-state index >= 15 is 0 Å². The minimum Gasteiger partial charge on any atom is -0.489 e. The second-order valence-corrected chi connectivity index (χ2v) is 9.96. The van der Waals surface area contributed by atoms with Gasteiger partial charge in [0.25, 0.3) is 0 Å². The molecule has 0 saturated heterocycles. The van der Waals surface area contributed by atoms with Gasteiger partial charge in [0.15, 0.2) is 0 Å². The van der Waals surface area contributed by atoms with Crippen LogP contribution in [0.5, 0.6) is 5.75 Å². The fourth-order valence-electron chi connectivity index (χ4n) is 6.02.